The van der Waals surface area contributed by atoms with E-state index in [0.717, 1.165) is 26.8 Å². The molecule has 0 aliphatic carbocycles. The Morgan fingerprint density at radius 2 is 2.04 bits per heavy atom. The number of aromatic nitrogens is 1. The first-order valence-corrected chi connectivity index (χ1v) is 9.60. The molecule has 5 nitrogen and oxygen atoms in total. The lowest BCUT2D eigenvalue weighted by Crippen LogP contribution is -2.14. The van der Waals surface area contributed by atoms with Gasteiger partial charge in [-0.15, -0.1) is 22.7 Å². The van der Waals surface area contributed by atoms with E-state index in [0.29, 0.717) is 16.3 Å². The number of aryl methyl sites for hydroxylation is 1. The average molecular weight is 383 g/mol. The Bertz CT molecular complexity index is 981. The summed E-state index contributed by atoms with van der Waals surface area (Å²) in [6.07, 6.45) is 0.174. The smallest absolute Gasteiger partial charge is 0.231 e. The topological polar surface area (TPSA) is 75.0 Å². The van der Waals surface area contributed by atoms with Crippen LogP contribution in [0.5, 0.6) is 5.75 Å². The Balaban J connectivity index is 1.70. The Hall–Kier alpha value is -2.69. The second kappa shape index (κ2) is 7.68. The van der Waals surface area contributed by atoms with Gasteiger partial charge in [0.05, 0.1) is 24.8 Å². The highest BCUT2D eigenvalue weighted by molar-refractivity contribution is 7.16. The van der Waals surface area contributed by atoms with E-state index in [2.05, 4.69) is 16.4 Å². The van der Waals surface area contributed by atoms with E-state index in [1.807, 2.05) is 43.5 Å². The Labute approximate surface area is 159 Å². The number of anilines is 1. The summed E-state index contributed by atoms with van der Waals surface area (Å²) in [5.41, 5.74) is 3.15. The van der Waals surface area contributed by atoms with Gasteiger partial charge in [-0.3, -0.25) is 4.79 Å². The lowest BCUT2D eigenvalue weighted by atomic mass is 10.2. The number of nitrogens with zero attached hydrogens (tertiary/aromatic N) is 2. The molecule has 0 radical (unpaired) electrons. The summed E-state index contributed by atoms with van der Waals surface area (Å²) < 4.78 is 5.16. The molecular weight excluding hydrogens is 366 g/mol. The number of carbonyl (C=O) groups excluding carboxylic acids is 1. The number of nitriles is 1. The average Bonchev–Trinajstić information content (AvgIpc) is 3.20. The number of nitrogens with one attached hydrogen (secondary N) is 1. The third-order valence-corrected chi connectivity index (χ3v) is 6.04. The van der Waals surface area contributed by atoms with E-state index in [4.69, 9.17) is 4.74 Å². The largest absolute Gasteiger partial charge is 0.497 e. The number of thiophene rings is 1. The van der Waals surface area contributed by atoms with Crippen molar-refractivity contribution in [3.63, 3.8) is 0 Å². The van der Waals surface area contributed by atoms with Crippen molar-refractivity contribution < 1.29 is 9.53 Å². The predicted octanol–water partition coefficient (Wildman–Crippen LogP) is 4.55. The van der Waals surface area contributed by atoms with Crippen LogP contribution in [0.1, 0.15) is 21.7 Å². The molecule has 0 unspecified atom stereocenters. The maximum absolute atomic E-state index is 12.3. The van der Waals surface area contributed by atoms with Gasteiger partial charge in [-0.25, -0.2) is 4.98 Å². The number of hydrogen-bond donors (Lipinski definition) is 1. The van der Waals surface area contributed by atoms with Crippen molar-refractivity contribution in [2.24, 2.45) is 0 Å². The van der Waals surface area contributed by atoms with E-state index < -0.39 is 0 Å². The first-order chi connectivity index (χ1) is 12.5. The van der Waals surface area contributed by atoms with Crippen molar-refractivity contribution in [3.8, 4) is 22.4 Å². The zero-order valence-corrected chi connectivity index (χ0v) is 16.3. The second-order valence-corrected chi connectivity index (χ2v) is 7.78. The molecule has 0 aliphatic rings. The van der Waals surface area contributed by atoms with Gasteiger partial charge in [-0.2, -0.15) is 5.26 Å². The zero-order chi connectivity index (χ0) is 18.7. The number of ether oxygens (including phenoxy) is 1. The van der Waals surface area contributed by atoms with Gasteiger partial charge < -0.3 is 10.1 Å². The first-order valence-electron chi connectivity index (χ1n) is 7.90. The van der Waals surface area contributed by atoms with Crippen LogP contribution in [-0.2, 0) is 11.2 Å². The molecule has 1 aromatic carbocycles. The monoisotopic (exact) mass is 383 g/mol. The third-order valence-electron chi connectivity index (χ3n) is 3.98. The van der Waals surface area contributed by atoms with E-state index in [9.17, 15) is 10.1 Å². The summed E-state index contributed by atoms with van der Waals surface area (Å²) in [6.45, 7) is 3.83. The van der Waals surface area contributed by atoms with Gasteiger partial charge in [-0.05, 0) is 43.7 Å². The second-order valence-electron chi connectivity index (χ2n) is 5.70. The van der Waals surface area contributed by atoms with Crippen LogP contribution < -0.4 is 10.1 Å². The van der Waals surface area contributed by atoms with E-state index in [1.54, 1.807) is 7.11 Å². The van der Waals surface area contributed by atoms with Crippen LogP contribution >= 0.6 is 22.7 Å². The molecule has 0 fully saturated rings. The Morgan fingerprint density at radius 1 is 1.31 bits per heavy atom. The number of methoxy groups -OCH3 is 1. The van der Waals surface area contributed by atoms with Crippen LogP contribution in [0.2, 0.25) is 0 Å². The standard InChI is InChI=1S/C19H17N3O2S2/c1-11-12(2)26-19(16(11)9-20)22-17(23)8-14-10-25-18(21-14)13-4-6-15(24-3)7-5-13/h4-7,10H,8H2,1-3H3,(H,22,23). The molecule has 1 N–H and O–H groups in total. The van der Waals surface area contributed by atoms with Crippen molar-refractivity contribution in [2.45, 2.75) is 20.3 Å². The number of rotatable bonds is 5. The first kappa shape index (κ1) is 18.1. The number of carbonyl (C=O) groups is 1. The molecule has 1 amide bonds. The molecule has 0 saturated carbocycles. The summed E-state index contributed by atoms with van der Waals surface area (Å²) in [5, 5.41) is 15.5. The molecule has 26 heavy (non-hydrogen) atoms. The van der Waals surface area contributed by atoms with Crippen LogP contribution in [-0.4, -0.2) is 18.0 Å². The lowest BCUT2D eigenvalue weighted by Gasteiger charge is -2.02. The fourth-order valence-electron chi connectivity index (χ4n) is 2.44. The summed E-state index contributed by atoms with van der Waals surface area (Å²) in [6, 6.07) is 9.81. The molecule has 0 bridgehead atoms. The van der Waals surface area contributed by atoms with Crippen molar-refractivity contribution in [3.05, 3.63) is 51.3 Å². The molecule has 0 atom stereocenters. The Morgan fingerprint density at radius 3 is 2.69 bits per heavy atom. The van der Waals surface area contributed by atoms with Crippen LogP contribution in [0.3, 0.4) is 0 Å². The third kappa shape index (κ3) is 3.77. The van der Waals surface area contributed by atoms with Crippen LogP contribution in [0.25, 0.3) is 10.6 Å². The molecule has 132 valence electrons. The number of hydrogen-bond acceptors (Lipinski definition) is 6. The van der Waals surface area contributed by atoms with Crippen LogP contribution in [0, 0.1) is 25.2 Å². The molecule has 0 spiro atoms. The van der Waals surface area contributed by atoms with E-state index >= 15 is 0 Å². The quantitative estimate of drug-likeness (QED) is 0.701. The number of thiazole rings is 1. The molecule has 3 aromatic rings. The molecule has 2 aromatic heterocycles. The maximum atomic E-state index is 12.3. The lowest BCUT2D eigenvalue weighted by molar-refractivity contribution is -0.115. The van der Waals surface area contributed by atoms with Gasteiger partial charge in [0.2, 0.25) is 5.91 Å². The van der Waals surface area contributed by atoms with Gasteiger partial charge in [0.1, 0.15) is 21.8 Å². The number of benzene rings is 1. The highest BCUT2D eigenvalue weighted by Gasteiger charge is 2.16. The van der Waals surface area contributed by atoms with Gasteiger partial charge in [0, 0.05) is 15.8 Å². The van der Waals surface area contributed by atoms with Crippen LogP contribution in [0.15, 0.2) is 29.6 Å². The molecule has 3 rings (SSSR count). The van der Waals surface area contributed by atoms with Gasteiger partial charge in [0.15, 0.2) is 0 Å². The van der Waals surface area contributed by atoms with Gasteiger partial charge >= 0.3 is 0 Å². The summed E-state index contributed by atoms with van der Waals surface area (Å²) in [4.78, 5) is 17.9. The predicted molar refractivity (Wildman–Crippen MR) is 105 cm³/mol. The minimum absolute atomic E-state index is 0.172. The van der Waals surface area contributed by atoms with Crippen molar-refractivity contribution in [1.29, 1.82) is 5.26 Å². The molecule has 7 heteroatoms. The van der Waals surface area contributed by atoms with Crippen molar-refractivity contribution in [2.75, 3.05) is 12.4 Å². The number of amides is 1. The highest BCUT2D eigenvalue weighted by Crippen LogP contribution is 2.32. The molecule has 2 heterocycles. The maximum Gasteiger partial charge on any atom is 0.231 e. The Kier molecular flexibility index (Phi) is 5.35. The summed E-state index contributed by atoms with van der Waals surface area (Å²) in [7, 11) is 1.63. The normalized spacial score (nSPS) is 10.4. The van der Waals surface area contributed by atoms with Gasteiger partial charge in [0.25, 0.3) is 0 Å². The fourth-order valence-corrected chi connectivity index (χ4v) is 4.29. The molecule has 0 saturated heterocycles. The minimum atomic E-state index is -0.172. The molecule has 0 aliphatic heterocycles. The van der Waals surface area contributed by atoms with Crippen molar-refractivity contribution >= 4 is 33.6 Å². The SMILES string of the molecule is COc1ccc(-c2nc(CC(=O)Nc3sc(C)c(C)c3C#N)cs2)cc1. The highest BCUT2D eigenvalue weighted by atomic mass is 32.1. The van der Waals surface area contributed by atoms with E-state index in [-0.39, 0.29) is 12.3 Å². The summed E-state index contributed by atoms with van der Waals surface area (Å²) in [5.74, 6) is 0.620. The minimum Gasteiger partial charge on any atom is -0.497 e. The fraction of sp³-hybridized carbons (Fsp3) is 0.211. The van der Waals surface area contributed by atoms with Gasteiger partial charge in [-0.1, -0.05) is 0 Å². The molecular formula is C19H17N3O2S2. The van der Waals surface area contributed by atoms with E-state index in [1.165, 1.54) is 22.7 Å². The van der Waals surface area contributed by atoms with Crippen LogP contribution in [0.4, 0.5) is 5.00 Å². The summed E-state index contributed by atoms with van der Waals surface area (Å²) >= 11 is 2.92. The zero-order valence-electron chi connectivity index (χ0n) is 14.6. The van der Waals surface area contributed by atoms with Crippen molar-refractivity contribution in [1.82, 2.24) is 4.98 Å².